The van der Waals surface area contributed by atoms with Crippen LogP contribution in [0, 0.1) is 0 Å². The van der Waals surface area contributed by atoms with Crippen LogP contribution in [0.2, 0.25) is 0 Å². The third-order valence-corrected chi connectivity index (χ3v) is 2.96. The average Bonchev–Trinajstić information content (AvgIpc) is 2.90. The molecule has 1 aromatic carbocycles. The minimum Gasteiger partial charge on any atom is -0.459 e. The van der Waals surface area contributed by atoms with Gasteiger partial charge >= 0.3 is 5.97 Å². The van der Waals surface area contributed by atoms with Crippen molar-refractivity contribution in [1.29, 1.82) is 0 Å². The van der Waals surface area contributed by atoms with Gasteiger partial charge in [0.2, 0.25) is 0 Å². The molecule has 0 bridgehead atoms. The van der Waals surface area contributed by atoms with E-state index in [4.69, 9.17) is 14.2 Å². The van der Waals surface area contributed by atoms with Gasteiger partial charge in [-0.25, -0.2) is 4.79 Å². The summed E-state index contributed by atoms with van der Waals surface area (Å²) in [5.74, 6) is -0.307. The number of hydrogen-bond donors (Lipinski definition) is 0. The highest BCUT2D eigenvalue weighted by atomic mass is 16.6. The number of hydrogen-bond acceptors (Lipinski definition) is 4. The Morgan fingerprint density at radius 1 is 1.44 bits per heavy atom. The molecule has 0 aliphatic carbocycles. The molecule has 4 heteroatoms. The Bertz CT molecular complexity index is 397. The summed E-state index contributed by atoms with van der Waals surface area (Å²) < 4.78 is 15.8. The van der Waals surface area contributed by atoms with Gasteiger partial charge in [0.1, 0.15) is 6.61 Å². The van der Waals surface area contributed by atoms with E-state index in [1.165, 1.54) is 0 Å². The van der Waals surface area contributed by atoms with Crippen molar-refractivity contribution >= 4 is 5.97 Å². The first-order valence-electron chi connectivity index (χ1n) is 6.17. The Labute approximate surface area is 107 Å². The molecule has 1 heterocycles. The van der Waals surface area contributed by atoms with Crippen LogP contribution in [0.1, 0.15) is 28.8 Å². The Kier molecular flexibility index (Phi) is 4.73. The van der Waals surface area contributed by atoms with Crippen molar-refractivity contribution in [1.82, 2.24) is 0 Å². The standard InChI is InChI=1S/C14H18O4/c1-16-9-11-5-2-3-7-13(11)14(15)18-10-12-6-4-8-17-12/h2-3,5,7,12H,4,6,8-10H2,1H3. The number of ether oxygens (including phenoxy) is 3. The third kappa shape index (κ3) is 3.31. The van der Waals surface area contributed by atoms with E-state index < -0.39 is 0 Å². The predicted molar refractivity (Wildman–Crippen MR) is 66.4 cm³/mol. The van der Waals surface area contributed by atoms with Crippen LogP contribution in [0.15, 0.2) is 24.3 Å². The summed E-state index contributed by atoms with van der Waals surface area (Å²) in [5, 5.41) is 0. The second-order valence-electron chi connectivity index (χ2n) is 4.32. The first-order chi connectivity index (χ1) is 8.81. The van der Waals surface area contributed by atoms with E-state index in [1.54, 1.807) is 13.2 Å². The number of methoxy groups -OCH3 is 1. The lowest BCUT2D eigenvalue weighted by atomic mass is 10.1. The lowest BCUT2D eigenvalue weighted by Gasteiger charge is -2.12. The summed E-state index contributed by atoms with van der Waals surface area (Å²) in [7, 11) is 1.61. The molecule has 0 aromatic heterocycles. The van der Waals surface area contributed by atoms with E-state index in [0.29, 0.717) is 18.8 Å². The highest BCUT2D eigenvalue weighted by Gasteiger charge is 2.19. The smallest absolute Gasteiger partial charge is 0.338 e. The molecule has 1 aliphatic rings. The van der Waals surface area contributed by atoms with E-state index in [9.17, 15) is 4.79 Å². The Hall–Kier alpha value is -1.39. The van der Waals surface area contributed by atoms with Crippen LogP contribution in [-0.4, -0.2) is 32.4 Å². The zero-order valence-electron chi connectivity index (χ0n) is 10.6. The zero-order valence-corrected chi connectivity index (χ0v) is 10.6. The van der Waals surface area contributed by atoms with Crippen molar-refractivity contribution in [3.8, 4) is 0 Å². The molecule has 1 aliphatic heterocycles. The minimum atomic E-state index is -0.307. The molecule has 0 radical (unpaired) electrons. The lowest BCUT2D eigenvalue weighted by Crippen LogP contribution is -2.18. The van der Waals surface area contributed by atoms with Gasteiger partial charge in [0.25, 0.3) is 0 Å². The fourth-order valence-corrected chi connectivity index (χ4v) is 2.02. The van der Waals surface area contributed by atoms with Crippen LogP contribution < -0.4 is 0 Å². The fraction of sp³-hybridized carbons (Fsp3) is 0.500. The first kappa shape index (κ1) is 13.1. The Balaban J connectivity index is 1.94. The van der Waals surface area contributed by atoms with Crippen LogP contribution >= 0.6 is 0 Å². The summed E-state index contributed by atoms with van der Waals surface area (Å²) in [5.41, 5.74) is 1.41. The largest absolute Gasteiger partial charge is 0.459 e. The van der Waals surface area contributed by atoms with Crippen molar-refractivity contribution in [2.45, 2.75) is 25.6 Å². The molecule has 1 fully saturated rings. The summed E-state index contributed by atoms with van der Waals surface area (Å²) in [4.78, 5) is 12.0. The molecule has 1 unspecified atom stereocenters. The highest BCUT2D eigenvalue weighted by Crippen LogP contribution is 2.15. The Morgan fingerprint density at radius 3 is 3.00 bits per heavy atom. The summed E-state index contributed by atoms with van der Waals surface area (Å²) in [6.07, 6.45) is 2.07. The number of carbonyl (C=O) groups is 1. The van der Waals surface area contributed by atoms with Gasteiger partial charge in [-0.2, -0.15) is 0 Å². The van der Waals surface area contributed by atoms with Crippen LogP contribution in [-0.2, 0) is 20.8 Å². The molecule has 1 aromatic rings. The predicted octanol–water partition coefficient (Wildman–Crippen LogP) is 2.17. The first-order valence-corrected chi connectivity index (χ1v) is 6.17. The maximum absolute atomic E-state index is 12.0. The average molecular weight is 250 g/mol. The molecule has 4 nitrogen and oxygen atoms in total. The number of esters is 1. The quantitative estimate of drug-likeness (QED) is 0.751. The van der Waals surface area contributed by atoms with E-state index in [2.05, 4.69) is 0 Å². The highest BCUT2D eigenvalue weighted by molar-refractivity contribution is 5.91. The van der Waals surface area contributed by atoms with Crippen molar-refractivity contribution in [2.24, 2.45) is 0 Å². The van der Waals surface area contributed by atoms with Gasteiger partial charge in [-0.1, -0.05) is 18.2 Å². The van der Waals surface area contributed by atoms with E-state index in [0.717, 1.165) is 25.0 Å². The van der Waals surface area contributed by atoms with E-state index in [1.807, 2.05) is 18.2 Å². The summed E-state index contributed by atoms with van der Waals surface area (Å²) in [6.45, 7) is 1.51. The molecule has 0 amide bonds. The van der Waals surface area contributed by atoms with Gasteiger partial charge < -0.3 is 14.2 Å². The van der Waals surface area contributed by atoms with Crippen LogP contribution in [0.3, 0.4) is 0 Å². The summed E-state index contributed by atoms with van der Waals surface area (Å²) in [6, 6.07) is 7.32. The van der Waals surface area contributed by atoms with E-state index in [-0.39, 0.29) is 12.1 Å². The van der Waals surface area contributed by atoms with Crippen molar-refractivity contribution in [3.63, 3.8) is 0 Å². The van der Waals surface area contributed by atoms with Crippen LogP contribution in [0.5, 0.6) is 0 Å². The van der Waals surface area contributed by atoms with Gasteiger partial charge in [0.15, 0.2) is 0 Å². The molecule has 1 saturated heterocycles. The van der Waals surface area contributed by atoms with Crippen molar-refractivity contribution < 1.29 is 19.0 Å². The second kappa shape index (κ2) is 6.52. The molecular weight excluding hydrogens is 232 g/mol. The molecule has 2 rings (SSSR count). The van der Waals surface area contributed by atoms with Crippen molar-refractivity contribution in [2.75, 3.05) is 20.3 Å². The lowest BCUT2D eigenvalue weighted by molar-refractivity contribution is 0.0158. The number of benzene rings is 1. The van der Waals surface area contributed by atoms with Gasteiger partial charge in [0.05, 0.1) is 18.3 Å². The van der Waals surface area contributed by atoms with E-state index >= 15 is 0 Å². The number of carbonyl (C=O) groups excluding carboxylic acids is 1. The van der Waals surface area contributed by atoms with Gasteiger partial charge in [-0.05, 0) is 24.5 Å². The molecule has 1 atom stereocenters. The normalized spacial score (nSPS) is 18.8. The minimum absolute atomic E-state index is 0.0588. The molecule has 0 spiro atoms. The van der Waals surface area contributed by atoms with Gasteiger partial charge in [-0.15, -0.1) is 0 Å². The van der Waals surface area contributed by atoms with Crippen molar-refractivity contribution in [3.05, 3.63) is 35.4 Å². The van der Waals surface area contributed by atoms with Gasteiger partial charge in [0, 0.05) is 13.7 Å². The maximum atomic E-state index is 12.0. The molecule has 0 N–H and O–H groups in total. The second-order valence-corrected chi connectivity index (χ2v) is 4.32. The Morgan fingerprint density at radius 2 is 2.28 bits per heavy atom. The van der Waals surface area contributed by atoms with Crippen LogP contribution in [0.25, 0.3) is 0 Å². The third-order valence-electron chi connectivity index (χ3n) is 2.96. The molecule has 0 saturated carbocycles. The molecule has 18 heavy (non-hydrogen) atoms. The molecule has 98 valence electrons. The molecular formula is C14H18O4. The van der Waals surface area contributed by atoms with Gasteiger partial charge in [-0.3, -0.25) is 0 Å². The van der Waals surface area contributed by atoms with Crippen LogP contribution in [0.4, 0.5) is 0 Å². The summed E-state index contributed by atoms with van der Waals surface area (Å²) >= 11 is 0. The topological polar surface area (TPSA) is 44.8 Å². The number of rotatable bonds is 5. The SMILES string of the molecule is COCc1ccccc1C(=O)OCC1CCCO1. The monoisotopic (exact) mass is 250 g/mol. The fourth-order valence-electron chi connectivity index (χ4n) is 2.02. The maximum Gasteiger partial charge on any atom is 0.338 e. The zero-order chi connectivity index (χ0) is 12.8.